The number of aliphatic hydroxyl groups is 1. The van der Waals surface area contributed by atoms with Crippen LogP contribution in [0.15, 0.2) is 24.5 Å². The highest BCUT2D eigenvalue weighted by molar-refractivity contribution is 14.1. The number of imidazole rings is 1. The van der Waals surface area contributed by atoms with E-state index in [0.29, 0.717) is 30.2 Å². The number of anilines is 2. The summed E-state index contributed by atoms with van der Waals surface area (Å²) >= 11 is 2.22. The smallest absolute Gasteiger partial charge is 0.226 e. The third kappa shape index (κ3) is 5.51. The molecule has 0 aliphatic carbocycles. The van der Waals surface area contributed by atoms with Gasteiger partial charge in [-0.3, -0.25) is 0 Å². The number of nitrogens with zero attached hydrogens (tertiary/aromatic N) is 4. The van der Waals surface area contributed by atoms with Crippen LogP contribution in [0, 0.1) is 3.57 Å². The minimum absolute atomic E-state index is 0.0227. The molecule has 0 amide bonds. The largest absolute Gasteiger partial charge is 0.508 e. The Hall–Kier alpha value is -2.14. The van der Waals surface area contributed by atoms with E-state index in [-0.39, 0.29) is 17.8 Å². The van der Waals surface area contributed by atoms with Crippen molar-refractivity contribution in [1.29, 1.82) is 0 Å². The quantitative estimate of drug-likeness (QED) is 0.326. The molecule has 9 heteroatoms. The van der Waals surface area contributed by atoms with Gasteiger partial charge in [0.05, 0.1) is 11.9 Å². The predicted molar refractivity (Wildman–Crippen MR) is 128 cm³/mol. The second-order valence-corrected chi connectivity index (χ2v) is 9.75. The summed E-state index contributed by atoms with van der Waals surface area (Å²) in [7, 11) is 0. The number of hydrogen-bond donors (Lipinski definition) is 4. The van der Waals surface area contributed by atoms with E-state index in [1.807, 2.05) is 23.6 Å². The van der Waals surface area contributed by atoms with Gasteiger partial charge in [-0.05, 0) is 81.8 Å². The topological polar surface area (TPSA) is 108 Å². The van der Waals surface area contributed by atoms with Crippen molar-refractivity contribution in [2.24, 2.45) is 0 Å². The van der Waals surface area contributed by atoms with Crippen LogP contribution in [-0.4, -0.2) is 41.4 Å². The molecule has 0 radical (unpaired) electrons. The minimum atomic E-state index is -0.792. The van der Waals surface area contributed by atoms with E-state index in [1.54, 1.807) is 26.2 Å². The Bertz CT molecular complexity index is 1030. The molecular weight excluding hydrogens is 495 g/mol. The third-order valence-electron chi connectivity index (χ3n) is 4.65. The van der Waals surface area contributed by atoms with Crippen LogP contribution >= 0.6 is 22.6 Å². The highest BCUT2D eigenvalue weighted by Gasteiger charge is 2.20. The number of phenolic OH excluding ortho intramolecular Hbond substituents is 1. The summed E-state index contributed by atoms with van der Waals surface area (Å²) < 4.78 is 3.04. The fraction of sp³-hybridized carbons (Fsp3) is 0.476. The van der Waals surface area contributed by atoms with Crippen LogP contribution in [0.2, 0.25) is 0 Å². The zero-order valence-corrected chi connectivity index (χ0v) is 20.1. The van der Waals surface area contributed by atoms with E-state index in [9.17, 15) is 10.2 Å². The van der Waals surface area contributed by atoms with Gasteiger partial charge in [-0.1, -0.05) is 0 Å². The molecule has 1 aromatic carbocycles. The third-order valence-corrected chi connectivity index (χ3v) is 5.32. The molecule has 0 saturated carbocycles. The highest BCUT2D eigenvalue weighted by atomic mass is 127. The number of rotatable bonds is 8. The first kappa shape index (κ1) is 22.5. The normalized spacial score (nSPS) is 13.1. The zero-order chi connectivity index (χ0) is 22.1. The van der Waals surface area contributed by atoms with Gasteiger partial charge in [-0.2, -0.15) is 9.97 Å². The molecule has 30 heavy (non-hydrogen) atoms. The minimum Gasteiger partial charge on any atom is -0.508 e. The lowest BCUT2D eigenvalue weighted by molar-refractivity contribution is 0.0672. The molecule has 3 rings (SSSR count). The Labute approximate surface area is 190 Å². The molecule has 1 atom stereocenters. The van der Waals surface area contributed by atoms with E-state index < -0.39 is 5.60 Å². The van der Waals surface area contributed by atoms with Gasteiger partial charge in [-0.25, -0.2) is 4.98 Å². The number of aromatic hydroxyl groups is 1. The van der Waals surface area contributed by atoms with Crippen LogP contribution in [0.1, 0.15) is 52.6 Å². The molecule has 0 aliphatic rings. The average molecular weight is 524 g/mol. The number of halogens is 1. The molecule has 0 saturated heterocycles. The number of fused-ring (bicyclic) bond motifs is 1. The Morgan fingerprint density at radius 1 is 1.20 bits per heavy atom. The van der Waals surface area contributed by atoms with E-state index in [0.717, 1.165) is 14.8 Å². The molecule has 0 spiro atoms. The number of phenols is 1. The van der Waals surface area contributed by atoms with Crippen molar-refractivity contribution >= 4 is 45.5 Å². The fourth-order valence-electron chi connectivity index (χ4n) is 3.38. The van der Waals surface area contributed by atoms with Gasteiger partial charge < -0.3 is 25.4 Å². The van der Waals surface area contributed by atoms with E-state index in [4.69, 9.17) is 0 Å². The van der Waals surface area contributed by atoms with Crippen LogP contribution in [0.4, 0.5) is 11.8 Å². The molecule has 0 bridgehead atoms. The van der Waals surface area contributed by atoms with Gasteiger partial charge in [0.15, 0.2) is 17.0 Å². The first-order valence-corrected chi connectivity index (χ1v) is 11.1. The molecule has 0 fully saturated rings. The maximum absolute atomic E-state index is 10.2. The summed E-state index contributed by atoms with van der Waals surface area (Å²) in [6.45, 7) is 10.1. The summed E-state index contributed by atoms with van der Waals surface area (Å²) in [5.41, 5.74) is 1.39. The molecule has 4 N–H and O–H groups in total. The van der Waals surface area contributed by atoms with Gasteiger partial charge in [0, 0.05) is 27.8 Å². The summed E-state index contributed by atoms with van der Waals surface area (Å²) in [6.07, 6.45) is 2.32. The first-order valence-electron chi connectivity index (χ1n) is 9.98. The van der Waals surface area contributed by atoms with Crippen LogP contribution in [0.25, 0.3) is 11.2 Å². The highest BCUT2D eigenvalue weighted by Crippen LogP contribution is 2.26. The van der Waals surface area contributed by atoms with Crippen LogP contribution < -0.4 is 10.6 Å². The van der Waals surface area contributed by atoms with E-state index in [1.165, 1.54) is 0 Å². The standard InChI is InChI=1S/C21H29IN6O2/c1-12(2)28-11-24-17-18(23-10-14-8-15(22)6-7-16(14)29)26-20(27-19(17)28)25-13(3)9-21(4,5)30/h6-8,11-13,29-30H,9-10H2,1-5H3,(H2,23,25,26,27). The molecule has 0 aliphatic heterocycles. The lowest BCUT2D eigenvalue weighted by atomic mass is 10.0. The maximum Gasteiger partial charge on any atom is 0.226 e. The van der Waals surface area contributed by atoms with Gasteiger partial charge >= 0.3 is 0 Å². The second-order valence-electron chi connectivity index (χ2n) is 8.50. The molecule has 1 unspecified atom stereocenters. The van der Waals surface area contributed by atoms with Gasteiger partial charge in [-0.15, -0.1) is 0 Å². The maximum atomic E-state index is 10.2. The Kier molecular flexibility index (Phi) is 6.71. The van der Waals surface area contributed by atoms with Crippen molar-refractivity contribution in [2.75, 3.05) is 10.6 Å². The lowest BCUT2D eigenvalue weighted by Crippen LogP contribution is -2.29. The molecule has 3 aromatic rings. The lowest BCUT2D eigenvalue weighted by Gasteiger charge is -2.23. The number of aromatic nitrogens is 4. The van der Waals surface area contributed by atoms with E-state index in [2.05, 4.69) is 62.0 Å². The Morgan fingerprint density at radius 3 is 2.60 bits per heavy atom. The van der Waals surface area contributed by atoms with Crippen molar-refractivity contribution in [3.8, 4) is 5.75 Å². The van der Waals surface area contributed by atoms with E-state index >= 15 is 0 Å². The van der Waals surface area contributed by atoms with Crippen molar-refractivity contribution in [1.82, 2.24) is 19.5 Å². The predicted octanol–water partition coefficient (Wildman–Crippen LogP) is 4.29. The number of hydrogen-bond acceptors (Lipinski definition) is 7. The fourth-order valence-corrected chi connectivity index (χ4v) is 3.93. The molecule has 2 aromatic heterocycles. The Balaban J connectivity index is 1.94. The summed E-state index contributed by atoms with van der Waals surface area (Å²) in [6, 6.07) is 5.65. The SMILES string of the molecule is CC(CC(C)(C)O)Nc1nc(NCc2cc(I)ccc2O)c2ncn(C(C)C)c2n1. The summed E-state index contributed by atoms with van der Waals surface area (Å²) in [5, 5.41) is 26.9. The monoisotopic (exact) mass is 524 g/mol. The average Bonchev–Trinajstić information content (AvgIpc) is 3.04. The molecule has 8 nitrogen and oxygen atoms in total. The molecule has 2 heterocycles. The van der Waals surface area contributed by atoms with Crippen molar-refractivity contribution < 1.29 is 10.2 Å². The number of nitrogens with one attached hydrogen (secondary N) is 2. The second kappa shape index (κ2) is 8.93. The summed E-state index contributed by atoms with van der Waals surface area (Å²) in [4.78, 5) is 13.8. The number of benzene rings is 1. The first-order chi connectivity index (χ1) is 14.0. The molecule has 162 valence electrons. The van der Waals surface area contributed by atoms with Crippen LogP contribution in [0.3, 0.4) is 0 Å². The summed E-state index contributed by atoms with van der Waals surface area (Å²) in [5.74, 6) is 1.30. The molecular formula is C21H29IN6O2. The van der Waals surface area contributed by atoms with Gasteiger partial charge in [0.2, 0.25) is 5.95 Å². The van der Waals surface area contributed by atoms with Crippen molar-refractivity contribution in [3.63, 3.8) is 0 Å². The van der Waals surface area contributed by atoms with Gasteiger partial charge in [0.1, 0.15) is 5.75 Å². The zero-order valence-electron chi connectivity index (χ0n) is 17.9. The van der Waals surface area contributed by atoms with Crippen LogP contribution in [0.5, 0.6) is 5.75 Å². The Morgan fingerprint density at radius 2 is 1.93 bits per heavy atom. The van der Waals surface area contributed by atoms with Crippen molar-refractivity contribution in [3.05, 3.63) is 33.7 Å². The van der Waals surface area contributed by atoms with Crippen LogP contribution in [-0.2, 0) is 6.54 Å². The van der Waals surface area contributed by atoms with Crippen molar-refractivity contribution in [2.45, 2.75) is 65.3 Å². The van der Waals surface area contributed by atoms with Gasteiger partial charge in [0.25, 0.3) is 0 Å².